The summed E-state index contributed by atoms with van der Waals surface area (Å²) >= 11 is 0. The molecule has 0 radical (unpaired) electrons. The molecule has 0 aliphatic carbocycles. The number of nitrogens with zero attached hydrogens (tertiary/aromatic N) is 4. The Kier molecular flexibility index (Phi) is 2.55. The van der Waals surface area contributed by atoms with Gasteiger partial charge in [0.2, 0.25) is 0 Å². The zero-order valence-corrected chi connectivity index (χ0v) is 8.49. The fourth-order valence-corrected chi connectivity index (χ4v) is 1.32. The lowest BCUT2D eigenvalue weighted by Crippen LogP contribution is -1.96. The molecule has 0 saturated heterocycles. The fraction of sp³-hybridized carbons (Fsp3) is 0.100. The van der Waals surface area contributed by atoms with E-state index < -0.39 is 4.92 Å². The maximum Gasteiger partial charge on any atom is 0.287 e. The zero-order chi connectivity index (χ0) is 11.5. The molecule has 0 aromatic carbocycles. The van der Waals surface area contributed by atoms with Gasteiger partial charge in [-0.1, -0.05) is 0 Å². The van der Waals surface area contributed by atoms with Crippen molar-refractivity contribution in [3.8, 4) is 11.5 Å². The van der Waals surface area contributed by atoms with Gasteiger partial charge >= 0.3 is 0 Å². The van der Waals surface area contributed by atoms with E-state index in [0.29, 0.717) is 17.1 Å². The maximum atomic E-state index is 10.5. The number of aromatic nitrogens is 3. The normalized spacial score (nSPS) is 10.1. The minimum Gasteiger partial charge on any atom is -0.258 e. The van der Waals surface area contributed by atoms with E-state index in [4.69, 9.17) is 0 Å². The SMILES string of the molecule is Cc1cc([N+](=O)[O-])cnc1-c1ncccn1. The first-order valence-electron chi connectivity index (χ1n) is 4.57. The van der Waals surface area contributed by atoms with Crippen LogP contribution < -0.4 is 0 Å². The first-order valence-corrected chi connectivity index (χ1v) is 4.57. The van der Waals surface area contributed by atoms with Crippen LogP contribution in [-0.2, 0) is 0 Å². The number of pyridine rings is 1. The van der Waals surface area contributed by atoms with E-state index >= 15 is 0 Å². The summed E-state index contributed by atoms with van der Waals surface area (Å²) in [6, 6.07) is 3.16. The van der Waals surface area contributed by atoms with Crippen LogP contribution in [0.15, 0.2) is 30.7 Å². The Morgan fingerprint density at radius 2 is 1.94 bits per heavy atom. The predicted octanol–water partition coefficient (Wildman–Crippen LogP) is 1.76. The topological polar surface area (TPSA) is 81.8 Å². The molecule has 80 valence electrons. The summed E-state index contributed by atoms with van der Waals surface area (Å²) in [6.45, 7) is 1.74. The van der Waals surface area contributed by atoms with Crippen LogP contribution in [0.3, 0.4) is 0 Å². The summed E-state index contributed by atoms with van der Waals surface area (Å²) in [7, 11) is 0. The first kappa shape index (κ1) is 10.2. The third-order valence-electron chi connectivity index (χ3n) is 2.05. The van der Waals surface area contributed by atoms with Crippen molar-refractivity contribution in [3.63, 3.8) is 0 Å². The molecule has 0 aliphatic rings. The van der Waals surface area contributed by atoms with Gasteiger partial charge in [-0.3, -0.25) is 10.1 Å². The third kappa shape index (κ3) is 1.85. The Labute approximate surface area is 91.2 Å². The summed E-state index contributed by atoms with van der Waals surface area (Å²) in [4.78, 5) is 22.1. The molecule has 2 aromatic heterocycles. The Morgan fingerprint density at radius 1 is 1.25 bits per heavy atom. The van der Waals surface area contributed by atoms with E-state index in [1.54, 1.807) is 25.4 Å². The predicted molar refractivity (Wildman–Crippen MR) is 56.7 cm³/mol. The summed E-state index contributed by atoms with van der Waals surface area (Å²) in [5, 5.41) is 10.5. The van der Waals surface area contributed by atoms with Crippen LogP contribution in [-0.4, -0.2) is 19.9 Å². The smallest absolute Gasteiger partial charge is 0.258 e. The molecular weight excluding hydrogens is 208 g/mol. The van der Waals surface area contributed by atoms with Crippen molar-refractivity contribution in [1.29, 1.82) is 0 Å². The molecule has 0 bridgehead atoms. The van der Waals surface area contributed by atoms with Gasteiger partial charge in [-0.15, -0.1) is 0 Å². The van der Waals surface area contributed by atoms with E-state index in [1.165, 1.54) is 12.3 Å². The lowest BCUT2D eigenvalue weighted by molar-refractivity contribution is -0.385. The molecule has 0 spiro atoms. The Hall–Kier alpha value is -2.37. The van der Waals surface area contributed by atoms with Gasteiger partial charge in [0.1, 0.15) is 11.9 Å². The van der Waals surface area contributed by atoms with Crippen molar-refractivity contribution in [2.24, 2.45) is 0 Å². The van der Waals surface area contributed by atoms with Crippen molar-refractivity contribution in [3.05, 3.63) is 46.4 Å². The molecule has 0 aliphatic heterocycles. The fourth-order valence-electron chi connectivity index (χ4n) is 1.32. The molecule has 0 fully saturated rings. The molecule has 0 amide bonds. The number of hydrogen-bond donors (Lipinski definition) is 0. The Balaban J connectivity index is 2.48. The van der Waals surface area contributed by atoms with E-state index in [9.17, 15) is 10.1 Å². The van der Waals surface area contributed by atoms with Crippen LogP contribution in [0.2, 0.25) is 0 Å². The molecule has 2 heterocycles. The molecule has 0 N–H and O–H groups in total. The average molecular weight is 216 g/mol. The van der Waals surface area contributed by atoms with Crippen molar-refractivity contribution in [2.75, 3.05) is 0 Å². The van der Waals surface area contributed by atoms with E-state index in [2.05, 4.69) is 15.0 Å². The molecule has 6 heteroatoms. The maximum absolute atomic E-state index is 10.5. The molecule has 0 saturated carbocycles. The van der Waals surface area contributed by atoms with Gasteiger partial charge in [0.05, 0.1) is 4.92 Å². The van der Waals surface area contributed by atoms with Crippen LogP contribution in [0.5, 0.6) is 0 Å². The highest BCUT2D eigenvalue weighted by Crippen LogP contribution is 2.20. The van der Waals surface area contributed by atoms with Crippen molar-refractivity contribution in [1.82, 2.24) is 15.0 Å². The minimum absolute atomic E-state index is 0.0304. The van der Waals surface area contributed by atoms with Crippen LogP contribution in [0.1, 0.15) is 5.56 Å². The minimum atomic E-state index is -0.477. The van der Waals surface area contributed by atoms with Gasteiger partial charge in [0.25, 0.3) is 5.69 Å². The van der Waals surface area contributed by atoms with Crippen molar-refractivity contribution in [2.45, 2.75) is 6.92 Å². The number of aryl methyl sites for hydroxylation is 1. The Morgan fingerprint density at radius 3 is 2.50 bits per heavy atom. The first-order chi connectivity index (χ1) is 7.68. The lowest BCUT2D eigenvalue weighted by atomic mass is 10.2. The highest BCUT2D eigenvalue weighted by molar-refractivity contribution is 5.56. The number of hydrogen-bond acceptors (Lipinski definition) is 5. The second kappa shape index (κ2) is 4.01. The lowest BCUT2D eigenvalue weighted by Gasteiger charge is -2.01. The number of rotatable bonds is 2. The highest BCUT2D eigenvalue weighted by Gasteiger charge is 2.11. The molecular formula is C10H8N4O2. The van der Waals surface area contributed by atoms with Gasteiger partial charge in [-0.25, -0.2) is 15.0 Å². The summed E-state index contributed by atoms with van der Waals surface area (Å²) in [5.74, 6) is 0.467. The Bertz CT molecular complexity index is 528. The zero-order valence-electron chi connectivity index (χ0n) is 8.49. The van der Waals surface area contributed by atoms with E-state index in [-0.39, 0.29) is 5.69 Å². The van der Waals surface area contributed by atoms with Gasteiger partial charge in [0, 0.05) is 18.5 Å². The second-order valence-corrected chi connectivity index (χ2v) is 3.19. The second-order valence-electron chi connectivity index (χ2n) is 3.19. The van der Waals surface area contributed by atoms with Crippen molar-refractivity contribution < 1.29 is 4.92 Å². The molecule has 2 aromatic rings. The van der Waals surface area contributed by atoms with E-state index in [0.717, 1.165) is 0 Å². The van der Waals surface area contributed by atoms with Crippen LogP contribution in [0, 0.1) is 17.0 Å². The van der Waals surface area contributed by atoms with Gasteiger partial charge in [0.15, 0.2) is 5.82 Å². The largest absolute Gasteiger partial charge is 0.287 e. The number of nitro groups is 1. The summed E-state index contributed by atoms with van der Waals surface area (Å²) < 4.78 is 0. The van der Waals surface area contributed by atoms with Gasteiger partial charge in [-0.2, -0.15) is 0 Å². The standard InChI is InChI=1S/C10H8N4O2/c1-7-5-8(14(15)16)6-13-9(7)10-11-3-2-4-12-10/h2-6H,1H3. The summed E-state index contributed by atoms with van der Waals surface area (Å²) in [5.41, 5.74) is 1.21. The van der Waals surface area contributed by atoms with E-state index in [1.807, 2.05) is 0 Å². The molecule has 16 heavy (non-hydrogen) atoms. The van der Waals surface area contributed by atoms with Gasteiger partial charge < -0.3 is 0 Å². The highest BCUT2D eigenvalue weighted by atomic mass is 16.6. The summed E-state index contributed by atoms with van der Waals surface area (Å²) in [6.07, 6.45) is 4.41. The van der Waals surface area contributed by atoms with Crippen LogP contribution >= 0.6 is 0 Å². The third-order valence-corrected chi connectivity index (χ3v) is 2.05. The monoisotopic (exact) mass is 216 g/mol. The van der Waals surface area contributed by atoms with Crippen LogP contribution in [0.4, 0.5) is 5.69 Å². The van der Waals surface area contributed by atoms with Crippen LogP contribution in [0.25, 0.3) is 11.5 Å². The molecule has 2 rings (SSSR count). The molecule has 0 unspecified atom stereocenters. The molecule has 0 atom stereocenters. The average Bonchev–Trinajstić information content (AvgIpc) is 2.30. The quantitative estimate of drug-likeness (QED) is 0.564. The van der Waals surface area contributed by atoms with Crippen molar-refractivity contribution >= 4 is 5.69 Å². The molecule has 6 nitrogen and oxygen atoms in total. The van der Waals surface area contributed by atoms with Gasteiger partial charge in [-0.05, 0) is 18.6 Å².